The van der Waals surface area contributed by atoms with Crippen LogP contribution in [0.3, 0.4) is 0 Å². The van der Waals surface area contributed by atoms with E-state index in [1.54, 1.807) is 14.0 Å². The van der Waals surface area contributed by atoms with Gasteiger partial charge in [-0.05, 0) is 19.1 Å². The van der Waals surface area contributed by atoms with Crippen LogP contribution in [0.2, 0.25) is 0 Å². The molecule has 2 aromatic rings. The smallest absolute Gasteiger partial charge is 0.152 e. The van der Waals surface area contributed by atoms with Gasteiger partial charge in [-0.1, -0.05) is 6.07 Å². The Kier molecular flexibility index (Phi) is 5.55. The summed E-state index contributed by atoms with van der Waals surface area (Å²) >= 11 is 0. The molecule has 6 heteroatoms. The molecular weight excluding hydrogens is 268 g/mol. The summed E-state index contributed by atoms with van der Waals surface area (Å²) in [5, 5.41) is 12.9. The topological polar surface area (TPSA) is 62.0 Å². The lowest BCUT2D eigenvalue weighted by atomic mass is 10.3. The van der Waals surface area contributed by atoms with Gasteiger partial charge in [0.15, 0.2) is 5.82 Å². The number of pyridine rings is 1. The van der Waals surface area contributed by atoms with Gasteiger partial charge < -0.3 is 24.5 Å². The number of aromatic nitrogens is 2. The van der Waals surface area contributed by atoms with Crippen molar-refractivity contribution in [2.24, 2.45) is 0 Å². The van der Waals surface area contributed by atoms with Crippen LogP contribution in [-0.2, 0) is 11.3 Å². The number of rotatable bonds is 8. The zero-order valence-electron chi connectivity index (χ0n) is 12.9. The van der Waals surface area contributed by atoms with Gasteiger partial charge in [0.25, 0.3) is 0 Å². The minimum Gasteiger partial charge on any atom is -0.392 e. The molecule has 2 aromatic heterocycles. The Morgan fingerprint density at radius 2 is 2.29 bits per heavy atom. The zero-order valence-corrected chi connectivity index (χ0v) is 12.9. The van der Waals surface area contributed by atoms with E-state index in [-0.39, 0.29) is 0 Å². The van der Waals surface area contributed by atoms with Crippen LogP contribution < -0.4 is 10.2 Å². The third-order valence-corrected chi connectivity index (χ3v) is 3.28. The van der Waals surface area contributed by atoms with E-state index in [4.69, 9.17) is 4.74 Å². The van der Waals surface area contributed by atoms with Crippen molar-refractivity contribution in [2.75, 3.05) is 38.8 Å². The highest BCUT2D eigenvalue weighted by Crippen LogP contribution is 2.21. The van der Waals surface area contributed by atoms with Gasteiger partial charge in [-0.2, -0.15) is 0 Å². The van der Waals surface area contributed by atoms with E-state index in [0.29, 0.717) is 19.7 Å². The van der Waals surface area contributed by atoms with Crippen LogP contribution in [-0.4, -0.2) is 54.4 Å². The van der Waals surface area contributed by atoms with Crippen LogP contribution >= 0.6 is 0 Å². The molecular formula is C15H24N4O2. The van der Waals surface area contributed by atoms with Crippen LogP contribution in [0.15, 0.2) is 24.4 Å². The number of hydrogen-bond donors (Lipinski definition) is 2. The number of anilines is 1. The standard InChI is InChI=1S/C15H24N4O2/c1-12(20)11-18(2)15-13(10-16-7-9-21-3)19-8-5-4-6-14(19)17-15/h4-6,8,12,16,20H,7,9-11H2,1-3H3. The first-order valence-corrected chi connectivity index (χ1v) is 7.18. The molecule has 0 amide bonds. The van der Waals surface area contributed by atoms with Crippen LogP contribution in [0.4, 0.5) is 5.82 Å². The summed E-state index contributed by atoms with van der Waals surface area (Å²) < 4.78 is 7.13. The molecule has 1 atom stereocenters. The van der Waals surface area contributed by atoms with Gasteiger partial charge in [0.1, 0.15) is 5.65 Å². The highest BCUT2D eigenvalue weighted by atomic mass is 16.5. The first kappa shape index (κ1) is 15.8. The predicted molar refractivity (Wildman–Crippen MR) is 83.7 cm³/mol. The summed E-state index contributed by atoms with van der Waals surface area (Å²) in [5.74, 6) is 0.895. The van der Waals surface area contributed by atoms with Crippen molar-refractivity contribution in [3.63, 3.8) is 0 Å². The SMILES string of the molecule is COCCNCc1c(N(C)CC(C)O)nc2ccccn12. The fraction of sp³-hybridized carbons (Fsp3) is 0.533. The van der Waals surface area contributed by atoms with E-state index in [0.717, 1.165) is 23.7 Å². The number of hydrogen-bond acceptors (Lipinski definition) is 5. The second-order valence-electron chi connectivity index (χ2n) is 5.21. The Labute approximate surface area is 125 Å². The number of methoxy groups -OCH3 is 1. The molecule has 0 saturated heterocycles. The summed E-state index contributed by atoms with van der Waals surface area (Å²) in [6, 6.07) is 5.95. The molecule has 21 heavy (non-hydrogen) atoms. The summed E-state index contributed by atoms with van der Waals surface area (Å²) in [6.45, 7) is 4.50. The highest BCUT2D eigenvalue weighted by molar-refractivity contribution is 5.55. The lowest BCUT2D eigenvalue weighted by molar-refractivity contribution is 0.199. The maximum Gasteiger partial charge on any atom is 0.152 e. The fourth-order valence-corrected chi connectivity index (χ4v) is 2.37. The second kappa shape index (κ2) is 7.40. The minimum absolute atomic E-state index is 0.394. The molecule has 116 valence electrons. The average Bonchev–Trinajstić information content (AvgIpc) is 2.82. The van der Waals surface area contributed by atoms with Crippen LogP contribution in [0, 0.1) is 0 Å². The molecule has 0 bridgehead atoms. The molecule has 0 saturated carbocycles. The monoisotopic (exact) mass is 292 g/mol. The second-order valence-corrected chi connectivity index (χ2v) is 5.21. The van der Waals surface area contributed by atoms with E-state index in [1.807, 2.05) is 36.3 Å². The van der Waals surface area contributed by atoms with Crippen molar-refractivity contribution in [1.82, 2.24) is 14.7 Å². The van der Waals surface area contributed by atoms with E-state index >= 15 is 0 Å². The molecule has 0 spiro atoms. The summed E-state index contributed by atoms with van der Waals surface area (Å²) in [7, 11) is 3.64. The Morgan fingerprint density at radius 3 is 3.00 bits per heavy atom. The maximum absolute atomic E-state index is 9.59. The van der Waals surface area contributed by atoms with Crippen molar-refractivity contribution < 1.29 is 9.84 Å². The number of ether oxygens (including phenoxy) is 1. The summed E-state index contributed by atoms with van der Waals surface area (Å²) in [4.78, 5) is 6.66. The zero-order chi connectivity index (χ0) is 15.2. The van der Waals surface area contributed by atoms with Gasteiger partial charge in [0.2, 0.25) is 0 Å². The Bertz CT molecular complexity index is 568. The Morgan fingerprint density at radius 1 is 1.48 bits per heavy atom. The van der Waals surface area contributed by atoms with E-state index < -0.39 is 6.10 Å². The highest BCUT2D eigenvalue weighted by Gasteiger charge is 2.16. The molecule has 0 radical (unpaired) electrons. The summed E-state index contributed by atoms with van der Waals surface area (Å²) in [6.07, 6.45) is 1.61. The van der Waals surface area contributed by atoms with Crippen molar-refractivity contribution in [3.8, 4) is 0 Å². The molecule has 0 aliphatic rings. The third-order valence-electron chi connectivity index (χ3n) is 3.28. The number of aliphatic hydroxyl groups is 1. The molecule has 2 N–H and O–H groups in total. The van der Waals surface area contributed by atoms with Gasteiger partial charge in [0.05, 0.1) is 18.4 Å². The van der Waals surface area contributed by atoms with Crippen molar-refractivity contribution in [3.05, 3.63) is 30.1 Å². The number of nitrogens with one attached hydrogen (secondary N) is 1. The van der Waals surface area contributed by atoms with Gasteiger partial charge >= 0.3 is 0 Å². The molecule has 1 unspecified atom stereocenters. The number of aliphatic hydroxyl groups excluding tert-OH is 1. The molecule has 2 rings (SSSR count). The van der Waals surface area contributed by atoms with E-state index in [2.05, 4.69) is 14.7 Å². The van der Waals surface area contributed by atoms with Crippen LogP contribution in [0.5, 0.6) is 0 Å². The third kappa shape index (κ3) is 3.93. The number of fused-ring (bicyclic) bond motifs is 1. The van der Waals surface area contributed by atoms with Crippen molar-refractivity contribution in [2.45, 2.75) is 19.6 Å². The maximum atomic E-state index is 9.59. The number of imidazole rings is 1. The molecule has 6 nitrogen and oxygen atoms in total. The number of nitrogens with zero attached hydrogens (tertiary/aromatic N) is 3. The van der Waals surface area contributed by atoms with Crippen molar-refractivity contribution in [1.29, 1.82) is 0 Å². The first-order valence-electron chi connectivity index (χ1n) is 7.18. The minimum atomic E-state index is -0.394. The molecule has 2 heterocycles. The summed E-state index contributed by atoms with van der Waals surface area (Å²) in [5.41, 5.74) is 2.00. The van der Waals surface area contributed by atoms with Crippen LogP contribution in [0.25, 0.3) is 5.65 Å². The van der Waals surface area contributed by atoms with Gasteiger partial charge in [-0.25, -0.2) is 4.98 Å². The van der Waals surface area contributed by atoms with Crippen molar-refractivity contribution >= 4 is 11.5 Å². The normalized spacial score (nSPS) is 12.8. The molecule has 0 aliphatic heterocycles. The van der Waals surface area contributed by atoms with E-state index in [9.17, 15) is 5.11 Å². The average molecular weight is 292 g/mol. The lowest BCUT2D eigenvalue weighted by Crippen LogP contribution is -2.29. The van der Waals surface area contributed by atoms with Gasteiger partial charge in [-0.3, -0.25) is 0 Å². The van der Waals surface area contributed by atoms with E-state index in [1.165, 1.54) is 0 Å². The van der Waals surface area contributed by atoms with Gasteiger partial charge in [-0.15, -0.1) is 0 Å². The molecule has 0 aromatic carbocycles. The number of likely N-dealkylation sites (N-methyl/N-ethyl adjacent to an activating group) is 1. The Hall–Kier alpha value is -1.63. The van der Waals surface area contributed by atoms with Crippen LogP contribution in [0.1, 0.15) is 12.6 Å². The Balaban J connectivity index is 2.25. The first-order chi connectivity index (χ1) is 10.1. The molecule has 0 aliphatic carbocycles. The fourth-order valence-electron chi connectivity index (χ4n) is 2.37. The predicted octanol–water partition coefficient (Wildman–Crippen LogP) is 0.887. The quantitative estimate of drug-likeness (QED) is 0.708. The van der Waals surface area contributed by atoms with Gasteiger partial charge in [0, 0.05) is 40.0 Å². The lowest BCUT2D eigenvalue weighted by Gasteiger charge is -2.20. The largest absolute Gasteiger partial charge is 0.392 e. The molecule has 0 fully saturated rings.